The first-order valence-corrected chi connectivity index (χ1v) is 8.82. The predicted octanol–water partition coefficient (Wildman–Crippen LogP) is 5.87. The van der Waals surface area contributed by atoms with E-state index in [0.29, 0.717) is 0 Å². The maximum Gasteiger partial charge on any atom is 0.353 e. The van der Waals surface area contributed by atoms with Gasteiger partial charge in [0.25, 0.3) is 0 Å². The van der Waals surface area contributed by atoms with E-state index in [4.69, 9.17) is 9.05 Å². The van der Waals surface area contributed by atoms with Gasteiger partial charge in [-0.1, -0.05) is 48.5 Å². The first kappa shape index (κ1) is 20.1. The molecule has 0 amide bonds. The Hall–Kier alpha value is -0.890. The molecule has 0 aliphatic carbocycles. The van der Waals surface area contributed by atoms with Gasteiger partial charge in [-0.05, 0) is 39.5 Å². The molecule has 21 heavy (non-hydrogen) atoms. The SMILES string of the molecule is COP(=O)(/C=C/C(C)/C=C/C=C(\C)CCC=C(C)C)OC. The number of hydrogen-bond donors (Lipinski definition) is 0. The van der Waals surface area contributed by atoms with Crippen LogP contribution in [0.4, 0.5) is 0 Å². The molecule has 0 aromatic heterocycles. The molecule has 0 aromatic rings. The topological polar surface area (TPSA) is 35.5 Å². The molecular weight excluding hydrogens is 283 g/mol. The summed E-state index contributed by atoms with van der Waals surface area (Å²) in [6.07, 6.45) is 12.4. The lowest BCUT2D eigenvalue weighted by molar-refractivity contribution is 0.286. The van der Waals surface area contributed by atoms with Crippen molar-refractivity contribution in [3.63, 3.8) is 0 Å². The Balaban J connectivity index is 4.38. The minimum absolute atomic E-state index is 0.172. The van der Waals surface area contributed by atoms with E-state index in [0.717, 1.165) is 12.8 Å². The van der Waals surface area contributed by atoms with E-state index in [1.807, 2.05) is 19.1 Å². The number of allylic oxidation sites excluding steroid dienone is 7. The minimum atomic E-state index is -3.05. The summed E-state index contributed by atoms with van der Waals surface area (Å²) in [5, 5.41) is 0. The van der Waals surface area contributed by atoms with Gasteiger partial charge in [-0.25, -0.2) is 0 Å². The van der Waals surface area contributed by atoms with Crippen molar-refractivity contribution >= 4 is 7.60 Å². The van der Waals surface area contributed by atoms with Crippen LogP contribution < -0.4 is 0 Å². The van der Waals surface area contributed by atoms with Gasteiger partial charge in [0.2, 0.25) is 0 Å². The first-order valence-electron chi connectivity index (χ1n) is 7.21. The Bertz CT molecular complexity index is 447. The molecule has 3 nitrogen and oxygen atoms in total. The van der Waals surface area contributed by atoms with Crippen LogP contribution in [0.3, 0.4) is 0 Å². The second kappa shape index (κ2) is 10.8. The minimum Gasteiger partial charge on any atom is -0.309 e. The molecular formula is C17H29O3P. The predicted molar refractivity (Wildman–Crippen MR) is 91.5 cm³/mol. The van der Waals surface area contributed by atoms with Gasteiger partial charge in [0.05, 0.1) is 0 Å². The molecule has 1 atom stereocenters. The monoisotopic (exact) mass is 312 g/mol. The van der Waals surface area contributed by atoms with Crippen molar-refractivity contribution in [2.75, 3.05) is 14.2 Å². The van der Waals surface area contributed by atoms with Gasteiger partial charge in [0, 0.05) is 20.0 Å². The highest BCUT2D eigenvalue weighted by molar-refractivity contribution is 7.57. The average molecular weight is 312 g/mol. The van der Waals surface area contributed by atoms with E-state index in [9.17, 15) is 4.57 Å². The van der Waals surface area contributed by atoms with Crippen LogP contribution in [0.2, 0.25) is 0 Å². The van der Waals surface area contributed by atoms with Crippen LogP contribution in [0, 0.1) is 5.92 Å². The molecule has 0 N–H and O–H groups in total. The number of hydrogen-bond acceptors (Lipinski definition) is 3. The summed E-state index contributed by atoms with van der Waals surface area (Å²) in [4.78, 5) is 0. The van der Waals surface area contributed by atoms with E-state index in [1.54, 1.807) is 0 Å². The van der Waals surface area contributed by atoms with Gasteiger partial charge in [0.15, 0.2) is 0 Å². The van der Waals surface area contributed by atoms with Crippen LogP contribution in [0.5, 0.6) is 0 Å². The van der Waals surface area contributed by atoms with Gasteiger partial charge in [0.1, 0.15) is 0 Å². The van der Waals surface area contributed by atoms with Crippen LogP contribution >= 0.6 is 7.60 Å². The summed E-state index contributed by atoms with van der Waals surface area (Å²) < 4.78 is 21.5. The molecule has 0 rings (SSSR count). The molecule has 4 heteroatoms. The van der Waals surface area contributed by atoms with E-state index in [1.165, 1.54) is 31.2 Å². The molecule has 0 fully saturated rings. The quantitative estimate of drug-likeness (QED) is 0.303. The van der Waals surface area contributed by atoms with E-state index in [-0.39, 0.29) is 5.92 Å². The average Bonchev–Trinajstić information content (AvgIpc) is 2.44. The maximum absolute atomic E-state index is 11.8. The molecule has 0 heterocycles. The van der Waals surface area contributed by atoms with Crippen molar-refractivity contribution in [3.8, 4) is 0 Å². The fourth-order valence-electron chi connectivity index (χ4n) is 1.57. The molecule has 0 aromatic carbocycles. The molecule has 0 radical (unpaired) electrons. The van der Waals surface area contributed by atoms with Gasteiger partial charge < -0.3 is 9.05 Å². The lowest BCUT2D eigenvalue weighted by atomic mass is 10.1. The smallest absolute Gasteiger partial charge is 0.309 e. The highest BCUT2D eigenvalue weighted by Crippen LogP contribution is 2.48. The molecule has 0 spiro atoms. The van der Waals surface area contributed by atoms with Gasteiger partial charge in [-0.15, -0.1) is 0 Å². The Morgan fingerprint density at radius 1 is 1.14 bits per heavy atom. The van der Waals surface area contributed by atoms with Crippen LogP contribution in [-0.2, 0) is 13.6 Å². The zero-order valence-corrected chi connectivity index (χ0v) is 15.0. The third-order valence-corrected chi connectivity index (χ3v) is 4.52. The fourth-order valence-corrected chi connectivity index (χ4v) is 2.44. The van der Waals surface area contributed by atoms with E-state index >= 15 is 0 Å². The first-order chi connectivity index (χ1) is 9.83. The summed E-state index contributed by atoms with van der Waals surface area (Å²) in [7, 11) is -0.282. The van der Waals surface area contributed by atoms with E-state index in [2.05, 4.69) is 39.0 Å². The van der Waals surface area contributed by atoms with Gasteiger partial charge in [-0.3, -0.25) is 4.57 Å². The van der Waals surface area contributed by atoms with Crippen LogP contribution in [0.1, 0.15) is 40.5 Å². The molecule has 0 aliphatic heterocycles. The van der Waals surface area contributed by atoms with Crippen LogP contribution in [0.15, 0.2) is 47.3 Å². The summed E-state index contributed by atoms with van der Waals surface area (Å²) in [6.45, 7) is 8.39. The molecule has 0 saturated heterocycles. The summed E-state index contributed by atoms with van der Waals surface area (Å²) in [5.74, 6) is 1.68. The Kier molecular flexibility index (Phi) is 10.3. The molecule has 0 bridgehead atoms. The van der Waals surface area contributed by atoms with Crippen LogP contribution in [0.25, 0.3) is 0 Å². The van der Waals surface area contributed by atoms with Gasteiger partial charge in [-0.2, -0.15) is 0 Å². The largest absolute Gasteiger partial charge is 0.353 e. The van der Waals surface area contributed by atoms with Crippen LogP contribution in [-0.4, -0.2) is 14.2 Å². The van der Waals surface area contributed by atoms with Gasteiger partial charge >= 0.3 is 7.60 Å². The standard InChI is InChI=1S/C17H29O3P/c1-15(2)9-7-10-16(3)11-8-12-17(4)13-14-21(18,19-5)20-6/h8-9,11-14,17H,7,10H2,1-6H3/b12-8+,14-13+,16-11+. The third-order valence-electron chi connectivity index (χ3n) is 2.97. The Morgan fingerprint density at radius 2 is 1.76 bits per heavy atom. The highest BCUT2D eigenvalue weighted by atomic mass is 31.2. The summed E-state index contributed by atoms with van der Waals surface area (Å²) >= 11 is 0. The lowest BCUT2D eigenvalue weighted by Gasteiger charge is -2.08. The van der Waals surface area contributed by atoms with Crippen molar-refractivity contribution in [2.24, 2.45) is 5.92 Å². The second-order valence-electron chi connectivity index (χ2n) is 5.32. The molecule has 0 saturated carbocycles. The normalized spacial score (nSPS) is 14.9. The summed E-state index contributed by atoms with van der Waals surface area (Å²) in [6, 6.07) is 0. The second-order valence-corrected chi connectivity index (χ2v) is 7.43. The molecule has 0 aliphatic rings. The maximum atomic E-state index is 11.8. The lowest BCUT2D eigenvalue weighted by Crippen LogP contribution is -1.86. The molecule has 1 unspecified atom stereocenters. The van der Waals surface area contributed by atoms with Crippen molar-refractivity contribution in [1.29, 1.82) is 0 Å². The van der Waals surface area contributed by atoms with Crippen molar-refractivity contribution < 1.29 is 13.6 Å². The molecule has 120 valence electrons. The van der Waals surface area contributed by atoms with Crippen molar-refractivity contribution in [2.45, 2.75) is 40.5 Å². The summed E-state index contributed by atoms with van der Waals surface area (Å²) in [5.41, 5.74) is 2.71. The van der Waals surface area contributed by atoms with E-state index < -0.39 is 7.60 Å². The Morgan fingerprint density at radius 3 is 2.29 bits per heavy atom. The van der Waals surface area contributed by atoms with Crippen molar-refractivity contribution in [1.82, 2.24) is 0 Å². The zero-order chi connectivity index (χ0) is 16.3. The third kappa shape index (κ3) is 10.5. The highest BCUT2D eigenvalue weighted by Gasteiger charge is 2.15. The zero-order valence-electron chi connectivity index (χ0n) is 14.1. The Labute approximate surface area is 130 Å². The number of rotatable bonds is 9. The fraction of sp³-hybridized carbons (Fsp3) is 0.529. The van der Waals surface area contributed by atoms with Crippen molar-refractivity contribution in [3.05, 3.63) is 47.3 Å².